The van der Waals surface area contributed by atoms with Crippen LogP contribution in [0, 0.1) is 5.92 Å². The number of aromatic nitrogens is 2. The molecular formula is C21H23F3N4O2. The molecule has 5 rings (SSSR count). The molecule has 9 heteroatoms. The summed E-state index contributed by atoms with van der Waals surface area (Å²) in [7, 11) is 0. The lowest BCUT2D eigenvalue weighted by molar-refractivity contribution is -0.217. The number of aryl methyl sites for hydroxylation is 2. The molecule has 0 radical (unpaired) electrons. The molecule has 1 aromatic heterocycles. The van der Waals surface area contributed by atoms with Crippen LogP contribution in [0.3, 0.4) is 0 Å². The smallest absolute Gasteiger partial charge is 0.317 e. The summed E-state index contributed by atoms with van der Waals surface area (Å²) >= 11 is 0. The average Bonchev–Trinajstić information content (AvgIpc) is 3.43. The maximum absolute atomic E-state index is 14.4. The van der Waals surface area contributed by atoms with Crippen molar-refractivity contribution in [1.82, 2.24) is 14.9 Å². The minimum Gasteiger partial charge on any atom is -0.317 e. The first-order valence-corrected chi connectivity index (χ1v) is 10.5. The van der Waals surface area contributed by atoms with Crippen LogP contribution in [0.5, 0.6) is 0 Å². The molecule has 0 spiro atoms. The molecule has 2 heterocycles. The highest BCUT2D eigenvalue weighted by molar-refractivity contribution is 6.05. The van der Waals surface area contributed by atoms with Crippen molar-refractivity contribution >= 4 is 28.8 Å². The van der Waals surface area contributed by atoms with Gasteiger partial charge in [-0.3, -0.25) is 19.5 Å². The van der Waals surface area contributed by atoms with Crippen LogP contribution in [0.25, 0.3) is 11.0 Å². The van der Waals surface area contributed by atoms with Crippen molar-refractivity contribution in [3.05, 3.63) is 23.3 Å². The van der Waals surface area contributed by atoms with Gasteiger partial charge in [-0.1, -0.05) is 25.7 Å². The second-order valence-electron chi connectivity index (χ2n) is 8.63. The molecule has 1 atom stereocenters. The first kappa shape index (κ1) is 19.4. The molecule has 1 unspecified atom stereocenters. The standard InChI is InChI=1S/C21H23F3N4O2/c22-21(23,24)20(27-17(29)9-8-12-4-1-2-5-12)18(30)26-19-25-15-10-13-6-3-7-14(13)11-16(15)28(19)20/h10-12H,1-9H2,(H,27,29)(H,25,26,30). The van der Waals surface area contributed by atoms with Crippen LogP contribution in [-0.2, 0) is 28.1 Å². The number of hydrogen-bond donors (Lipinski definition) is 2. The number of anilines is 1. The number of carbonyl (C=O) groups is 2. The summed E-state index contributed by atoms with van der Waals surface area (Å²) in [5.74, 6) is -1.92. The van der Waals surface area contributed by atoms with Crippen LogP contribution in [0.1, 0.15) is 56.1 Å². The van der Waals surface area contributed by atoms with E-state index in [0.29, 0.717) is 17.9 Å². The number of halogens is 3. The molecule has 30 heavy (non-hydrogen) atoms. The summed E-state index contributed by atoms with van der Waals surface area (Å²) in [5.41, 5.74) is -0.551. The lowest BCUT2D eigenvalue weighted by Gasteiger charge is -2.32. The zero-order valence-corrected chi connectivity index (χ0v) is 16.4. The summed E-state index contributed by atoms with van der Waals surface area (Å²) in [5, 5.41) is 4.30. The van der Waals surface area contributed by atoms with Crippen molar-refractivity contribution < 1.29 is 22.8 Å². The Morgan fingerprint density at radius 1 is 1.20 bits per heavy atom. The Bertz CT molecular complexity index is 1040. The SMILES string of the molecule is O=C(CCC1CCCC1)NC1(C(F)(F)F)C(=O)Nc2nc3cc4c(cc3n21)CCC4. The average molecular weight is 420 g/mol. The van der Waals surface area contributed by atoms with E-state index in [-0.39, 0.29) is 17.9 Å². The van der Waals surface area contributed by atoms with Crippen molar-refractivity contribution in [2.75, 3.05) is 5.32 Å². The topological polar surface area (TPSA) is 76.0 Å². The number of alkyl halides is 3. The van der Waals surface area contributed by atoms with Crippen LogP contribution in [0.15, 0.2) is 12.1 Å². The van der Waals surface area contributed by atoms with Gasteiger partial charge in [-0.15, -0.1) is 0 Å². The molecule has 1 aromatic carbocycles. The number of carbonyl (C=O) groups excluding carboxylic acids is 2. The van der Waals surface area contributed by atoms with E-state index in [2.05, 4.69) is 15.6 Å². The molecule has 2 aliphatic carbocycles. The number of hydrogen-bond acceptors (Lipinski definition) is 3. The molecule has 3 aliphatic rings. The predicted octanol–water partition coefficient (Wildman–Crippen LogP) is 3.78. The second kappa shape index (κ2) is 6.72. The van der Waals surface area contributed by atoms with Crippen LogP contribution in [0.2, 0.25) is 0 Å². The number of rotatable bonds is 4. The van der Waals surface area contributed by atoms with Gasteiger partial charge in [0.15, 0.2) is 0 Å². The van der Waals surface area contributed by atoms with Crippen LogP contribution < -0.4 is 10.6 Å². The van der Waals surface area contributed by atoms with Gasteiger partial charge in [0, 0.05) is 6.42 Å². The Kier molecular flexibility index (Phi) is 4.34. The quantitative estimate of drug-likeness (QED) is 0.791. The molecule has 1 saturated carbocycles. The summed E-state index contributed by atoms with van der Waals surface area (Å²) in [6, 6.07) is 3.47. The number of nitrogens with zero attached hydrogens (tertiary/aromatic N) is 2. The fraction of sp³-hybridized carbons (Fsp3) is 0.571. The fourth-order valence-electron chi connectivity index (χ4n) is 5.20. The maximum Gasteiger partial charge on any atom is 0.440 e. The Labute approximate surface area is 171 Å². The third-order valence-corrected chi connectivity index (χ3v) is 6.74. The molecule has 1 aliphatic heterocycles. The summed E-state index contributed by atoms with van der Waals surface area (Å²) in [6.07, 6.45) is 2.24. The number of amides is 2. The minimum atomic E-state index is -5.03. The zero-order chi connectivity index (χ0) is 21.1. The first-order valence-electron chi connectivity index (χ1n) is 10.5. The minimum absolute atomic E-state index is 0.0346. The lowest BCUT2D eigenvalue weighted by atomic mass is 10.0. The van der Waals surface area contributed by atoms with Gasteiger partial charge in [-0.05, 0) is 54.9 Å². The largest absolute Gasteiger partial charge is 0.440 e. The third-order valence-electron chi connectivity index (χ3n) is 6.74. The first-order chi connectivity index (χ1) is 14.3. The highest BCUT2D eigenvalue weighted by atomic mass is 19.4. The van der Waals surface area contributed by atoms with E-state index < -0.39 is 23.7 Å². The van der Waals surface area contributed by atoms with Crippen LogP contribution in [0.4, 0.5) is 19.1 Å². The molecule has 0 saturated heterocycles. The molecule has 2 amide bonds. The summed E-state index contributed by atoms with van der Waals surface area (Å²) in [4.78, 5) is 29.4. The van der Waals surface area contributed by atoms with E-state index in [0.717, 1.165) is 60.6 Å². The molecule has 0 bridgehead atoms. The molecule has 2 N–H and O–H groups in total. The Morgan fingerprint density at radius 3 is 2.60 bits per heavy atom. The normalized spacial score (nSPS) is 23.6. The van der Waals surface area contributed by atoms with Crippen molar-refractivity contribution in [1.29, 1.82) is 0 Å². The molecular weight excluding hydrogens is 397 g/mol. The van der Waals surface area contributed by atoms with Crippen molar-refractivity contribution in [2.24, 2.45) is 5.92 Å². The van der Waals surface area contributed by atoms with Gasteiger partial charge < -0.3 is 5.32 Å². The van der Waals surface area contributed by atoms with E-state index in [1.54, 1.807) is 12.1 Å². The highest BCUT2D eigenvalue weighted by Crippen LogP contribution is 2.45. The third kappa shape index (κ3) is 2.81. The van der Waals surface area contributed by atoms with Gasteiger partial charge in [-0.25, -0.2) is 4.98 Å². The Morgan fingerprint density at radius 2 is 1.90 bits per heavy atom. The van der Waals surface area contributed by atoms with Crippen molar-refractivity contribution in [2.45, 2.75) is 69.6 Å². The van der Waals surface area contributed by atoms with Gasteiger partial charge in [0.2, 0.25) is 11.9 Å². The molecule has 160 valence electrons. The van der Waals surface area contributed by atoms with E-state index in [1.165, 1.54) is 0 Å². The summed E-state index contributed by atoms with van der Waals surface area (Å²) < 4.78 is 44.0. The lowest BCUT2D eigenvalue weighted by Crippen LogP contribution is -2.63. The van der Waals surface area contributed by atoms with Gasteiger partial charge >= 0.3 is 6.18 Å². The summed E-state index contributed by atoms with van der Waals surface area (Å²) in [6.45, 7) is 0. The molecule has 2 aromatic rings. The van der Waals surface area contributed by atoms with E-state index in [9.17, 15) is 22.8 Å². The number of fused-ring (bicyclic) bond motifs is 4. The highest BCUT2D eigenvalue weighted by Gasteiger charge is 2.67. The van der Waals surface area contributed by atoms with Gasteiger partial charge in [-0.2, -0.15) is 13.2 Å². The number of benzene rings is 1. The number of nitrogens with one attached hydrogen (secondary N) is 2. The van der Waals surface area contributed by atoms with Crippen molar-refractivity contribution in [3.8, 4) is 0 Å². The maximum atomic E-state index is 14.4. The van der Waals surface area contributed by atoms with Crippen molar-refractivity contribution in [3.63, 3.8) is 0 Å². The van der Waals surface area contributed by atoms with E-state index in [1.807, 2.05) is 0 Å². The molecule has 6 nitrogen and oxygen atoms in total. The van der Waals surface area contributed by atoms with Gasteiger partial charge in [0.1, 0.15) is 0 Å². The van der Waals surface area contributed by atoms with E-state index in [4.69, 9.17) is 0 Å². The second-order valence-corrected chi connectivity index (χ2v) is 8.63. The zero-order valence-electron chi connectivity index (χ0n) is 16.4. The monoisotopic (exact) mass is 420 g/mol. The number of imidazole rings is 1. The van der Waals surface area contributed by atoms with Crippen LogP contribution in [-0.4, -0.2) is 27.5 Å². The predicted molar refractivity (Wildman–Crippen MR) is 104 cm³/mol. The molecule has 1 fully saturated rings. The Hall–Kier alpha value is -2.58. The van der Waals surface area contributed by atoms with Crippen LogP contribution >= 0.6 is 0 Å². The fourth-order valence-corrected chi connectivity index (χ4v) is 5.20. The van der Waals surface area contributed by atoms with E-state index >= 15 is 0 Å². The van der Waals surface area contributed by atoms with Gasteiger partial charge in [0.25, 0.3) is 11.6 Å². The van der Waals surface area contributed by atoms with Gasteiger partial charge in [0.05, 0.1) is 11.0 Å². The Balaban J connectivity index is 1.54.